The van der Waals surface area contributed by atoms with Crippen molar-refractivity contribution < 1.29 is 4.79 Å². The monoisotopic (exact) mass is 383 g/mol. The molecule has 1 amide bonds. The van der Waals surface area contributed by atoms with Gasteiger partial charge in [0.15, 0.2) is 0 Å². The Kier molecular flexibility index (Phi) is 6.95. The topological polar surface area (TPSA) is 58.4 Å². The highest BCUT2D eigenvalue weighted by Crippen LogP contribution is 2.43. The third-order valence-corrected chi connectivity index (χ3v) is 6.62. The van der Waals surface area contributed by atoms with Gasteiger partial charge < -0.3 is 11.1 Å². The van der Waals surface area contributed by atoms with Crippen LogP contribution in [0.3, 0.4) is 0 Å². The van der Waals surface area contributed by atoms with Crippen molar-refractivity contribution in [2.24, 2.45) is 11.1 Å². The summed E-state index contributed by atoms with van der Waals surface area (Å²) >= 11 is 0. The lowest BCUT2D eigenvalue weighted by atomic mass is 9.82. The van der Waals surface area contributed by atoms with Crippen molar-refractivity contribution in [2.45, 2.75) is 70.4 Å². The second-order valence-corrected chi connectivity index (χ2v) is 9.43. The van der Waals surface area contributed by atoms with Crippen molar-refractivity contribution in [3.05, 3.63) is 48.0 Å². The van der Waals surface area contributed by atoms with E-state index in [4.69, 9.17) is 5.73 Å². The van der Waals surface area contributed by atoms with Crippen molar-refractivity contribution in [1.82, 2.24) is 10.2 Å². The van der Waals surface area contributed by atoms with Crippen molar-refractivity contribution in [1.29, 1.82) is 0 Å². The van der Waals surface area contributed by atoms with Gasteiger partial charge in [0.05, 0.1) is 0 Å². The average molecular weight is 384 g/mol. The number of hydrogen-bond acceptors (Lipinski definition) is 3. The van der Waals surface area contributed by atoms with E-state index < -0.39 is 0 Å². The molecule has 2 unspecified atom stereocenters. The molecular weight excluding hydrogens is 346 g/mol. The molecule has 2 bridgehead atoms. The van der Waals surface area contributed by atoms with Gasteiger partial charge in [-0.15, -0.1) is 6.58 Å². The van der Waals surface area contributed by atoms with Crippen LogP contribution in [-0.2, 0) is 0 Å². The molecule has 28 heavy (non-hydrogen) atoms. The number of hydrogen-bond donors (Lipinski definition) is 2. The minimum Gasteiger partial charge on any atom is -0.366 e. The average Bonchev–Trinajstić information content (AvgIpc) is 2.89. The van der Waals surface area contributed by atoms with Gasteiger partial charge in [0, 0.05) is 24.2 Å². The molecule has 4 nitrogen and oxygen atoms in total. The fourth-order valence-corrected chi connectivity index (χ4v) is 5.25. The van der Waals surface area contributed by atoms with Crippen LogP contribution in [0.2, 0.25) is 0 Å². The third kappa shape index (κ3) is 5.03. The van der Waals surface area contributed by atoms with Gasteiger partial charge in [-0.05, 0) is 74.6 Å². The molecule has 0 spiro atoms. The minimum absolute atomic E-state index is 0.285. The Morgan fingerprint density at radius 3 is 2.61 bits per heavy atom. The maximum absolute atomic E-state index is 11.8. The maximum atomic E-state index is 11.8. The largest absolute Gasteiger partial charge is 0.366 e. The summed E-state index contributed by atoms with van der Waals surface area (Å²) in [6.07, 6.45) is 9.14. The van der Waals surface area contributed by atoms with Gasteiger partial charge in [-0.25, -0.2) is 0 Å². The van der Waals surface area contributed by atoms with Gasteiger partial charge in [-0.3, -0.25) is 9.69 Å². The molecule has 1 aromatic rings. The molecule has 2 aliphatic heterocycles. The van der Waals surface area contributed by atoms with E-state index in [1.54, 1.807) is 0 Å². The maximum Gasteiger partial charge on any atom is 0.248 e. The van der Waals surface area contributed by atoms with E-state index in [2.05, 4.69) is 36.7 Å². The number of carbonyl (C=O) groups is 1. The van der Waals surface area contributed by atoms with Crippen LogP contribution in [0.15, 0.2) is 36.9 Å². The van der Waals surface area contributed by atoms with Crippen LogP contribution in [0.25, 0.3) is 0 Å². The third-order valence-electron chi connectivity index (χ3n) is 6.62. The Morgan fingerprint density at radius 2 is 1.96 bits per heavy atom. The number of nitrogens with one attached hydrogen (secondary N) is 1. The van der Waals surface area contributed by atoms with Crippen molar-refractivity contribution in [3.8, 4) is 0 Å². The summed E-state index contributed by atoms with van der Waals surface area (Å²) in [7, 11) is 0. The SMILES string of the molecule is C=CCC(C)(C)CNCCCN1C2CCC1CC(c1ccccc1C(N)=O)C2. The van der Waals surface area contributed by atoms with Crippen LogP contribution < -0.4 is 11.1 Å². The van der Waals surface area contributed by atoms with Crippen molar-refractivity contribution in [2.75, 3.05) is 19.6 Å². The summed E-state index contributed by atoms with van der Waals surface area (Å²) in [6.45, 7) is 11.7. The van der Waals surface area contributed by atoms with E-state index in [9.17, 15) is 4.79 Å². The number of nitrogens with zero attached hydrogens (tertiary/aromatic N) is 1. The number of fused-ring (bicyclic) bond motifs is 2. The summed E-state index contributed by atoms with van der Waals surface area (Å²) < 4.78 is 0. The van der Waals surface area contributed by atoms with E-state index in [1.165, 1.54) is 25.8 Å². The lowest BCUT2D eigenvalue weighted by Gasteiger charge is -2.39. The number of nitrogens with two attached hydrogens (primary N) is 1. The van der Waals surface area contributed by atoms with Crippen LogP contribution in [0.5, 0.6) is 0 Å². The molecule has 154 valence electrons. The quantitative estimate of drug-likeness (QED) is 0.473. The predicted molar refractivity (Wildman–Crippen MR) is 117 cm³/mol. The first-order valence-corrected chi connectivity index (χ1v) is 10.9. The Bertz CT molecular complexity index is 670. The van der Waals surface area contributed by atoms with Gasteiger partial charge >= 0.3 is 0 Å². The van der Waals surface area contributed by atoms with E-state index in [1.807, 2.05) is 24.3 Å². The first-order chi connectivity index (χ1) is 13.4. The van der Waals surface area contributed by atoms with Crippen LogP contribution in [0.1, 0.15) is 74.2 Å². The second kappa shape index (κ2) is 9.23. The lowest BCUT2D eigenvalue weighted by molar-refractivity contribution is 0.0993. The number of allylic oxidation sites excluding steroid dienone is 1. The summed E-state index contributed by atoms with van der Waals surface area (Å²) in [6, 6.07) is 9.25. The molecule has 0 radical (unpaired) electrons. The fourth-order valence-electron chi connectivity index (χ4n) is 5.25. The van der Waals surface area contributed by atoms with Crippen LogP contribution >= 0.6 is 0 Å². The molecule has 3 rings (SSSR count). The molecule has 2 atom stereocenters. The number of rotatable bonds is 10. The Hall–Kier alpha value is -1.65. The zero-order valence-electron chi connectivity index (χ0n) is 17.6. The Labute approximate surface area is 170 Å². The Morgan fingerprint density at radius 1 is 1.29 bits per heavy atom. The van der Waals surface area contributed by atoms with Crippen LogP contribution in [0, 0.1) is 5.41 Å². The lowest BCUT2D eigenvalue weighted by Crippen LogP contribution is -2.43. The minimum atomic E-state index is -0.296. The summed E-state index contributed by atoms with van der Waals surface area (Å²) in [5.74, 6) is 0.172. The standard InChI is InChI=1S/C24H37N3O/c1-4-12-24(2,3)17-26-13-7-14-27-19-10-11-20(27)16-18(15-19)21-8-5-6-9-22(21)23(25)28/h4-6,8-9,18-20,26H,1,7,10-17H2,2-3H3,(H2,25,28). The molecule has 2 saturated heterocycles. The first-order valence-electron chi connectivity index (χ1n) is 10.9. The van der Waals surface area contributed by atoms with Gasteiger partial charge in [-0.1, -0.05) is 38.1 Å². The molecule has 3 N–H and O–H groups in total. The van der Waals surface area contributed by atoms with Crippen molar-refractivity contribution >= 4 is 5.91 Å². The summed E-state index contributed by atoms with van der Waals surface area (Å²) in [5.41, 5.74) is 7.78. The molecule has 0 saturated carbocycles. The van der Waals surface area contributed by atoms with Gasteiger partial charge in [0.2, 0.25) is 5.91 Å². The Balaban J connectivity index is 1.50. The number of benzene rings is 1. The van der Waals surface area contributed by atoms with E-state index in [-0.39, 0.29) is 11.3 Å². The van der Waals surface area contributed by atoms with E-state index in [0.717, 1.165) is 37.9 Å². The molecule has 0 aliphatic carbocycles. The molecule has 2 aliphatic rings. The molecule has 1 aromatic carbocycles. The second-order valence-electron chi connectivity index (χ2n) is 9.43. The normalized spacial score (nSPS) is 25.0. The predicted octanol–water partition coefficient (Wildman–Crippen LogP) is 4.08. The van der Waals surface area contributed by atoms with Gasteiger partial charge in [0.25, 0.3) is 0 Å². The fraction of sp³-hybridized carbons (Fsp3) is 0.625. The zero-order chi connectivity index (χ0) is 20.1. The van der Waals surface area contributed by atoms with Crippen LogP contribution in [0.4, 0.5) is 0 Å². The van der Waals surface area contributed by atoms with E-state index >= 15 is 0 Å². The molecule has 4 heteroatoms. The summed E-state index contributed by atoms with van der Waals surface area (Å²) in [4.78, 5) is 14.6. The molecule has 0 aromatic heterocycles. The van der Waals surface area contributed by atoms with E-state index in [0.29, 0.717) is 23.6 Å². The number of piperidine rings is 1. The number of amides is 1. The van der Waals surface area contributed by atoms with Gasteiger partial charge in [0.1, 0.15) is 0 Å². The first kappa shape index (κ1) is 21.1. The number of carbonyl (C=O) groups excluding carboxylic acids is 1. The van der Waals surface area contributed by atoms with Gasteiger partial charge in [-0.2, -0.15) is 0 Å². The number of primary amides is 1. The molecule has 2 heterocycles. The highest BCUT2D eigenvalue weighted by atomic mass is 16.1. The smallest absolute Gasteiger partial charge is 0.248 e. The van der Waals surface area contributed by atoms with Crippen molar-refractivity contribution in [3.63, 3.8) is 0 Å². The zero-order valence-corrected chi connectivity index (χ0v) is 17.6. The summed E-state index contributed by atoms with van der Waals surface area (Å²) in [5, 5.41) is 3.63. The highest BCUT2D eigenvalue weighted by Gasteiger charge is 2.41. The highest BCUT2D eigenvalue weighted by molar-refractivity contribution is 5.94. The molecular formula is C24H37N3O. The molecule has 2 fully saturated rings. The van der Waals surface area contributed by atoms with Crippen LogP contribution in [-0.4, -0.2) is 42.5 Å².